The maximum atomic E-state index is 10.5. The van der Waals surface area contributed by atoms with E-state index in [1.54, 1.807) is 26.0 Å². The fourth-order valence-electron chi connectivity index (χ4n) is 4.74. The van der Waals surface area contributed by atoms with Gasteiger partial charge >= 0.3 is 7.48 Å². The maximum absolute atomic E-state index is 10.5. The highest BCUT2D eigenvalue weighted by Crippen LogP contribution is 2.46. The molecule has 0 unspecified atom stereocenters. The third-order valence-corrected chi connectivity index (χ3v) is 6.91. The van der Waals surface area contributed by atoms with E-state index in [4.69, 9.17) is 9.31 Å². The first-order valence-corrected chi connectivity index (χ1v) is 14.3. The standard InChI is InChI=1S/C36H48B2O3/c1-13-17-19-28-26(15-3)21-23-30(34(7,8)40-37-25(5)6)32(28)33-29(20-18-14-2)27(16-4)22-24-31(33)35(9,10)41-38-36(11,12)39/h13-25,37-39H,1-4H2,5-12H3/b19-17-,20-18-. The number of aliphatic hydroxyl groups is 1. The van der Waals surface area contributed by atoms with Crippen molar-refractivity contribution in [2.24, 2.45) is 0 Å². The summed E-state index contributed by atoms with van der Waals surface area (Å²) in [4.78, 5) is 0. The lowest BCUT2D eigenvalue weighted by Crippen LogP contribution is -2.36. The molecule has 3 nitrogen and oxygen atoms in total. The third kappa shape index (κ3) is 8.69. The van der Waals surface area contributed by atoms with Crippen molar-refractivity contribution in [2.75, 3.05) is 0 Å². The SMILES string of the molecule is C=C/C=C\c1c(C=C)ccc(C(C)(C)OBC(C)C)c1-c1c(C(C)(C)OBC(C)(C)O)ccc(C=C)c1/C=C\C=C. The molecule has 216 valence electrons. The molecule has 2 aromatic rings. The Kier molecular flexibility index (Phi) is 11.8. The lowest BCUT2D eigenvalue weighted by molar-refractivity contribution is 0.0735. The van der Waals surface area contributed by atoms with Gasteiger partial charge < -0.3 is 14.4 Å². The minimum Gasteiger partial charge on any atom is -0.431 e. The molecule has 0 saturated heterocycles. The smallest absolute Gasteiger partial charge is 0.307 e. The fraction of sp³-hybridized carbons (Fsp3) is 0.333. The van der Waals surface area contributed by atoms with Crippen LogP contribution in [-0.4, -0.2) is 25.6 Å². The van der Waals surface area contributed by atoms with Gasteiger partial charge in [-0.3, -0.25) is 0 Å². The summed E-state index contributed by atoms with van der Waals surface area (Å²) in [6.45, 7) is 32.3. The Labute approximate surface area is 250 Å². The topological polar surface area (TPSA) is 38.7 Å². The molecule has 0 aliphatic rings. The van der Waals surface area contributed by atoms with Crippen molar-refractivity contribution in [3.8, 4) is 11.1 Å². The Morgan fingerprint density at radius 2 is 1.12 bits per heavy atom. The van der Waals surface area contributed by atoms with Crippen molar-refractivity contribution in [3.63, 3.8) is 0 Å². The summed E-state index contributed by atoms with van der Waals surface area (Å²) in [5.41, 5.74) is 5.67. The van der Waals surface area contributed by atoms with Crippen molar-refractivity contribution < 1.29 is 14.4 Å². The monoisotopic (exact) mass is 550 g/mol. The van der Waals surface area contributed by atoms with Gasteiger partial charge in [0, 0.05) is 0 Å². The number of allylic oxidation sites excluding steroid dienone is 4. The Morgan fingerprint density at radius 1 is 0.707 bits per heavy atom. The van der Waals surface area contributed by atoms with Crippen LogP contribution in [0.1, 0.15) is 88.8 Å². The van der Waals surface area contributed by atoms with Crippen LogP contribution >= 0.6 is 0 Å². The van der Waals surface area contributed by atoms with Crippen molar-refractivity contribution in [1.29, 1.82) is 0 Å². The quantitative estimate of drug-likeness (QED) is 0.178. The van der Waals surface area contributed by atoms with Crippen molar-refractivity contribution in [2.45, 2.75) is 77.9 Å². The van der Waals surface area contributed by atoms with Gasteiger partial charge in [-0.05, 0) is 91.9 Å². The van der Waals surface area contributed by atoms with Crippen LogP contribution in [0.3, 0.4) is 0 Å². The first kappa shape index (κ1) is 34.1. The molecule has 0 atom stereocenters. The van der Waals surface area contributed by atoms with Crippen LogP contribution in [0, 0.1) is 0 Å². The van der Waals surface area contributed by atoms with E-state index in [-0.39, 0.29) is 7.48 Å². The molecule has 0 aliphatic heterocycles. The molecule has 0 aliphatic carbocycles. The molecule has 1 N–H and O–H groups in total. The van der Waals surface area contributed by atoms with Crippen molar-refractivity contribution in [3.05, 3.63) is 108 Å². The fourth-order valence-corrected chi connectivity index (χ4v) is 4.74. The summed E-state index contributed by atoms with van der Waals surface area (Å²) in [7, 11) is 0.794. The molecule has 0 fully saturated rings. The molecule has 2 aromatic carbocycles. The van der Waals surface area contributed by atoms with Gasteiger partial charge in [0.15, 0.2) is 0 Å². The average molecular weight is 550 g/mol. The first-order chi connectivity index (χ1) is 19.1. The third-order valence-electron chi connectivity index (χ3n) is 6.91. The van der Waals surface area contributed by atoms with E-state index in [0.717, 1.165) is 44.5 Å². The van der Waals surface area contributed by atoms with E-state index in [9.17, 15) is 5.11 Å². The molecule has 0 saturated carbocycles. The number of benzene rings is 2. The van der Waals surface area contributed by atoms with Gasteiger partial charge in [-0.15, -0.1) is 0 Å². The molecule has 41 heavy (non-hydrogen) atoms. The highest BCUT2D eigenvalue weighted by molar-refractivity contribution is 6.31. The van der Waals surface area contributed by atoms with Gasteiger partial charge in [-0.25, -0.2) is 0 Å². The molecule has 2 rings (SSSR count). The van der Waals surface area contributed by atoms with E-state index in [0.29, 0.717) is 13.3 Å². The summed E-state index contributed by atoms with van der Waals surface area (Å²) >= 11 is 0. The Hall–Kier alpha value is -3.11. The lowest BCUT2D eigenvalue weighted by atomic mass is 9.74. The highest BCUT2D eigenvalue weighted by Gasteiger charge is 2.34. The van der Waals surface area contributed by atoms with Crippen molar-refractivity contribution in [1.82, 2.24) is 0 Å². The molecule has 0 heterocycles. The van der Waals surface area contributed by atoms with Crippen LogP contribution in [0.5, 0.6) is 0 Å². The van der Waals surface area contributed by atoms with Gasteiger partial charge in [0.2, 0.25) is 0 Å². The zero-order valence-electron chi connectivity index (χ0n) is 26.5. The maximum Gasteiger partial charge on any atom is 0.307 e. The zero-order valence-corrected chi connectivity index (χ0v) is 26.5. The number of hydrogen-bond donors (Lipinski definition) is 1. The minimum atomic E-state index is -0.984. The molecule has 0 radical (unpaired) electrons. The summed E-state index contributed by atoms with van der Waals surface area (Å²) < 4.78 is 13.0. The molecule has 5 heteroatoms. The molecule has 0 aromatic heterocycles. The van der Waals surface area contributed by atoms with Gasteiger partial charge in [0.25, 0.3) is 7.48 Å². The summed E-state index contributed by atoms with van der Waals surface area (Å²) in [5.74, 6) is 0.380. The van der Waals surface area contributed by atoms with E-state index in [2.05, 4.69) is 90.4 Å². The van der Waals surface area contributed by atoms with Gasteiger partial charge in [0.05, 0.1) is 16.7 Å². The van der Waals surface area contributed by atoms with Crippen LogP contribution in [0.15, 0.2) is 74.9 Å². The second kappa shape index (κ2) is 14.2. The summed E-state index contributed by atoms with van der Waals surface area (Å²) in [6, 6.07) is 8.42. The van der Waals surface area contributed by atoms with Crippen molar-refractivity contribution >= 4 is 39.3 Å². The molecule has 0 spiro atoms. The average Bonchev–Trinajstić information content (AvgIpc) is 2.91. The van der Waals surface area contributed by atoms with Gasteiger partial charge in [0.1, 0.15) is 0 Å². The molecule has 0 bridgehead atoms. The number of hydrogen-bond acceptors (Lipinski definition) is 3. The second-order valence-corrected chi connectivity index (χ2v) is 12.4. The largest absolute Gasteiger partial charge is 0.431 e. The lowest BCUT2D eigenvalue weighted by Gasteiger charge is -2.36. The predicted octanol–water partition coefficient (Wildman–Crippen LogP) is 8.80. The van der Waals surface area contributed by atoms with E-state index in [1.807, 2.05) is 38.2 Å². The predicted molar refractivity (Wildman–Crippen MR) is 184 cm³/mol. The zero-order chi connectivity index (χ0) is 31.0. The van der Waals surface area contributed by atoms with Crippen LogP contribution in [0.4, 0.5) is 0 Å². The van der Waals surface area contributed by atoms with Crippen LogP contribution in [0.25, 0.3) is 35.4 Å². The molecular formula is C36H48B2O3. The summed E-state index contributed by atoms with van der Waals surface area (Å²) in [5, 5.41) is 10.5. The van der Waals surface area contributed by atoms with Crippen LogP contribution < -0.4 is 0 Å². The molecular weight excluding hydrogens is 502 g/mol. The van der Waals surface area contributed by atoms with E-state index in [1.165, 1.54) is 0 Å². The Morgan fingerprint density at radius 3 is 1.46 bits per heavy atom. The van der Waals surface area contributed by atoms with E-state index < -0.39 is 16.7 Å². The first-order valence-electron chi connectivity index (χ1n) is 14.3. The van der Waals surface area contributed by atoms with Crippen LogP contribution in [-0.2, 0) is 20.5 Å². The van der Waals surface area contributed by atoms with Gasteiger partial charge in [-0.1, -0.05) is 113 Å². The van der Waals surface area contributed by atoms with Crippen LogP contribution in [0.2, 0.25) is 5.82 Å². The summed E-state index contributed by atoms with van der Waals surface area (Å²) in [6.07, 6.45) is 15.3. The molecule has 0 amide bonds. The minimum absolute atomic E-state index is 0.173. The Balaban J connectivity index is 3.23. The normalized spacial score (nSPS) is 12.6. The Bertz CT molecular complexity index is 1320. The highest BCUT2D eigenvalue weighted by atomic mass is 16.5. The second-order valence-electron chi connectivity index (χ2n) is 12.4. The number of rotatable bonds is 15. The van der Waals surface area contributed by atoms with Gasteiger partial charge in [-0.2, -0.15) is 0 Å². The van der Waals surface area contributed by atoms with E-state index >= 15 is 0 Å².